The number of hydrogen-bond donors (Lipinski definition) is 0. The van der Waals surface area contributed by atoms with Gasteiger partial charge in [-0.05, 0) is 153 Å². The Kier molecular flexibility index (Phi) is 14.4. The SMILES string of the molecule is CC1(C)c2cccc3c2-c2c1cccc2C3(C)C.CC1(C)c2cccc3ccc4cccc1c4c23.CC1(C)c2ccccc2-c2ccccc21.c1cc2ccc3cccc4ccc(c1)c2c34.c1ccc(-c2ccccc2)cc1.c1ccc2c(c1)ccc1ccccc12. The second kappa shape index (κ2) is 22.8. The molecule has 0 aromatic heterocycles. The normalized spacial score (nSPS) is 14.4. The summed E-state index contributed by atoms with van der Waals surface area (Å²) in [5, 5.41) is 19.1. The summed E-state index contributed by atoms with van der Waals surface area (Å²) < 4.78 is 0. The minimum Gasteiger partial charge on any atom is -0.0622 e. The van der Waals surface area contributed by atoms with Crippen molar-refractivity contribution in [3.8, 4) is 33.4 Å². The molecule has 92 heavy (non-hydrogen) atoms. The molecule has 0 radical (unpaired) electrons. The molecule has 0 saturated heterocycles. The van der Waals surface area contributed by atoms with Crippen LogP contribution in [0.1, 0.15) is 99.9 Å². The van der Waals surface area contributed by atoms with Gasteiger partial charge in [0.2, 0.25) is 0 Å². The quantitative estimate of drug-likeness (QED) is 0.144. The van der Waals surface area contributed by atoms with Gasteiger partial charge in [0.15, 0.2) is 0 Å². The fourth-order valence-corrected chi connectivity index (χ4v) is 15.9. The maximum Gasteiger partial charge on any atom is 0.0159 e. The van der Waals surface area contributed by atoms with E-state index in [1.165, 1.54) is 153 Å². The maximum atomic E-state index is 2.35. The van der Waals surface area contributed by atoms with E-state index in [9.17, 15) is 0 Å². The lowest BCUT2D eigenvalue weighted by atomic mass is 9.75. The van der Waals surface area contributed by atoms with Crippen molar-refractivity contribution in [2.24, 2.45) is 0 Å². The first kappa shape index (κ1) is 58.0. The molecular weight excluding hydrogens is 1110 g/mol. The van der Waals surface area contributed by atoms with Crippen LogP contribution in [0.5, 0.6) is 0 Å². The molecule has 0 nitrogen and oxygen atoms in total. The zero-order valence-corrected chi connectivity index (χ0v) is 54.0. The minimum atomic E-state index is 0.142. The van der Waals surface area contributed by atoms with Gasteiger partial charge < -0.3 is 0 Å². The van der Waals surface area contributed by atoms with Gasteiger partial charge in [0.05, 0.1) is 0 Å². The average Bonchev–Trinajstić information content (AvgIpc) is 1.47. The number of benzene rings is 16. The Morgan fingerprint density at radius 3 is 0.761 bits per heavy atom. The zero-order valence-electron chi connectivity index (χ0n) is 54.0. The molecule has 0 unspecified atom stereocenters. The van der Waals surface area contributed by atoms with Crippen LogP contribution in [0.15, 0.2) is 315 Å². The molecule has 20 rings (SSSR count). The van der Waals surface area contributed by atoms with Crippen LogP contribution in [0.2, 0.25) is 0 Å². The molecule has 0 heteroatoms. The molecule has 16 aromatic carbocycles. The third kappa shape index (κ3) is 9.66. The molecule has 0 amide bonds. The van der Waals surface area contributed by atoms with Crippen molar-refractivity contribution in [1.29, 1.82) is 0 Å². The van der Waals surface area contributed by atoms with Crippen molar-refractivity contribution in [1.82, 2.24) is 0 Å². The monoisotopic (exact) mass is 1180 g/mol. The smallest absolute Gasteiger partial charge is 0.0159 e. The molecule has 0 bridgehead atoms. The average molecular weight is 1180 g/mol. The third-order valence-electron chi connectivity index (χ3n) is 20.7. The predicted molar refractivity (Wildman–Crippen MR) is 397 cm³/mol. The summed E-state index contributed by atoms with van der Waals surface area (Å²) in [6.07, 6.45) is 0. The van der Waals surface area contributed by atoms with E-state index in [0.29, 0.717) is 0 Å². The van der Waals surface area contributed by atoms with E-state index in [-0.39, 0.29) is 21.7 Å². The zero-order chi connectivity index (χ0) is 62.9. The number of fused-ring (bicyclic) bond motifs is 6. The summed E-state index contributed by atoms with van der Waals surface area (Å²) in [5.41, 5.74) is 20.9. The van der Waals surface area contributed by atoms with Crippen LogP contribution < -0.4 is 0 Å². The molecule has 0 N–H and O–H groups in total. The summed E-state index contributed by atoms with van der Waals surface area (Å²) in [4.78, 5) is 0. The number of rotatable bonds is 1. The maximum absolute atomic E-state index is 2.35. The first-order valence-corrected chi connectivity index (χ1v) is 32.7. The highest BCUT2D eigenvalue weighted by atomic mass is 14.5. The summed E-state index contributed by atoms with van der Waals surface area (Å²) in [6.45, 7) is 18.7. The van der Waals surface area contributed by atoms with Gasteiger partial charge in [-0.2, -0.15) is 0 Å². The largest absolute Gasteiger partial charge is 0.0622 e. The Balaban J connectivity index is 0.0000000920. The van der Waals surface area contributed by atoms with Crippen molar-refractivity contribution in [3.05, 3.63) is 360 Å². The Labute approximate surface area is 542 Å². The second-order valence-corrected chi connectivity index (χ2v) is 27.4. The Morgan fingerprint density at radius 2 is 0.391 bits per heavy atom. The van der Waals surface area contributed by atoms with Crippen LogP contribution >= 0.6 is 0 Å². The van der Waals surface area contributed by atoms with E-state index >= 15 is 0 Å². The van der Waals surface area contributed by atoms with Crippen molar-refractivity contribution < 1.29 is 0 Å². The second-order valence-electron chi connectivity index (χ2n) is 27.4. The molecule has 444 valence electrons. The molecule has 0 heterocycles. The number of hydrogen-bond acceptors (Lipinski definition) is 0. The summed E-state index contributed by atoms with van der Waals surface area (Å²) in [5.74, 6) is 0. The van der Waals surface area contributed by atoms with E-state index < -0.39 is 0 Å². The van der Waals surface area contributed by atoms with Crippen molar-refractivity contribution in [2.45, 2.75) is 77.0 Å². The van der Waals surface area contributed by atoms with Gasteiger partial charge in [0.25, 0.3) is 0 Å². The fourth-order valence-electron chi connectivity index (χ4n) is 15.9. The van der Waals surface area contributed by atoms with Crippen LogP contribution in [0.25, 0.3) is 109 Å². The lowest BCUT2D eigenvalue weighted by Crippen LogP contribution is -2.20. The Morgan fingerprint density at radius 1 is 0.163 bits per heavy atom. The molecule has 0 fully saturated rings. The van der Waals surface area contributed by atoms with Crippen molar-refractivity contribution >= 4 is 75.4 Å². The lowest BCUT2D eigenvalue weighted by Gasteiger charge is -2.28. The lowest BCUT2D eigenvalue weighted by molar-refractivity contribution is 0.630. The van der Waals surface area contributed by atoms with E-state index in [4.69, 9.17) is 0 Å². The van der Waals surface area contributed by atoms with Crippen LogP contribution in [0.3, 0.4) is 0 Å². The summed E-state index contributed by atoms with van der Waals surface area (Å²) in [6, 6.07) is 113. The van der Waals surface area contributed by atoms with Gasteiger partial charge >= 0.3 is 0 Å². The van der Waals surface area contributed by atoms with Gasteiger partial charge in [-0.15, -0.1) is 0 Å². The van der Waals surface area contributed by atoms with Crippen LogP contribution in [0.4, 0.5) is 0 Å². The highest BCUT2D eigenvalue weighted by Crippen LogP contribution is 2.60. The van der Waals surface area contributed by atoms with E-state index in [1.54, 1.807) is 0 Å². The topological polar surface area (TPSA) is 0 Å². The first-order valence-electron chi connectivity index (χ1n) is 32.7. The standard InChI is InChI=1S/C18H18.C17H14.C16H10.C15H14.C14H10.C12H10/c1-17(2)11-7-5-9-13-15(11)16-12(17)8-6-10-14(16)18(13,3)4;1-17(2)13-7-3-5-11-9-10-12-6-4-8-14(17)16(12)15(11)13;1-3-11-7-9-13-5-2-6-14-10-8-12(4-1)15(11)16(13)14;1-15(2)13-9-5-3-7-11(13)12-8-4-6-10-14(12)15;1-3-7-13-11(5-1)9-10-12-6-2-4-8-14(12)13;1-3-7-11(8-4-1)12-9-5-2-6-10-12/h5-10H,1-4H3;3-10H,1-2H3;1-10H;3-10H,1-2H3;1-10H;1-10H. The van der Waals surface area contributed by atoms with Gasteiger partial charge in [-0.25, -0.2) is 0 Å². The first-order chi connectivity index (χ1) is 44.7. The fraction of sp³-hybridized carbons (Fsp3) is 0.130. The van der Waals surface area contributed by atoms with Crippen LogP contribution in [-0.4, -0.2) is 0 Å². The highest BCUT2D eigenvalue weighted by molar-refractivity contribution is 6.23. The van der Waals surface area contributed by atoms with E-state index in [0.717, 1.165) is 0 Å². The molecule has 4 aliphatic rings. The minimum absolute atomic E-state index is 0.142. The molecular formula is C92H76. The molecule has 4 aliphatic carbocycles. The molecule has 0 atom stereocenters. The van der Waals surface area contributed by atoms with Gasteiger partial charge in [0.1, 0.15) is 0 Å². The Hall–Kier alpha value is -10.4. The summed E-state index contributed by atoms with van der Waals surface area (Å²) in [7, 11) is 0. The third-order valence-corrected chi connectivity index (χ3v) is 20.7. The summed E-state index contributed by atoms with van der Waals surface area (Å²) >= 11 is 0. The van der Waals surface area contributed by atoms with Gasteiger partial charge in [0, 0.05) is 21.7 Å². The van der Waals surface area contributed by atoms with Gasteiger partial charge in [-0.3, -0.25) is 0 Å². The molecule has 0 aliphatic heterocycles. The van der Waals surface area contributed by atoms with Crippen molar-refractivity contribution in [2.75, 3.05) is 0 Å². The molecule has 0 saturated carbocycles. The van der Waals surface area contributed by atoms with E-state index in [1.807, 2.05) is 12.1 Å². The van der Waals surface area contributed by atoms with E-state index in [2.05, 4.69) is 359 Å². The van der Waals surface area contributed by atoms with Crippen molar-refractivity contribution in [3.63, 3.8) is 0 Å². The highest BCUT2D eigenvalue weighted by Gasteiger charge is 2.46. The van der Waals surface area contributed by atoms with Crippen LogP contribution in [0, 0.1) is 0 Å². The molecule has 0 spiro atoms. The molecule has 16 aromatic rings. The van der Waals surface area contributed by atoms with Crippen LogP contribution in [-0.2, 0) is 21.7 Å². The Bertz CT molecular complexity index is 5000. The van der Waals surface area contributed by atoms with Gasteiger partial charge in [-0.1, -0.05) is 371 Å². The predicted octanol–water partition coefficient (Wildman–Crippen LogP) is 25.2.